The van der Waals surface area contributed by atoms with Crippen LogP contribution < -0.4 is 15.0 Å². The van der Waals surface area contributed by atoms with E-state index in [4.69, 9.17) is 11.6 Å². The minimum absolute atomic E-state index is 0.133. The Hall–Kier alpha value is -2.39. The van der Waals surface area contributed by atoms with Crippen LogP contribution in [-0.2, 0) is 9.59 Å². The van der Waals surface area contributed by atoms with Crippen molar-refractivity contribution in [1.29, 1.82) is 0 Å². The van der Waals surface area contributed by atoms with Gasteiger partial charge < -0.3 is 10.1 Å². The molecule has 0 aromatic heterocycles. The third kappa shape index (κ3) is 9.33. The number of anilines is 1. The van der Waals surface area contributed by atoms with Crippen molar-refractivity contribution >= 4 is 37.2 Å². The summed E-state index contributed by atoms with van der Waals surface area (Å²) in [7, 11) is -2.46. The number of nitrogens with one attached hydrogen (secondary N) is 1. The number of hydrogen-bond acceptors (Lipinski definition) is 3. The third-order valence-electron chi connectivity index (χ3n) is 6.68. The smallest absolute Gasteiger partial charge is 0.404 e. The third-order valence-corrected chi connectivity index (χ3v) is 13.3. The second kappa shape index (κ2) is 13.1. The van der Waals surface area contributed by atoms with Crippen LogP contribution in [0.25, 0.3) is 0 Å². The molecule has 0 aliphatic carbocycles. The van der Waals surface area contributed by atoms with Gasteiger partial charge in [-0.25, -0.2) is 0 Å². The Labute approximate surface area is 238 Å². The van der Waals surface area contributed by atoms with Gasteiger partial charge in [-0.1, -0.05) is 73.9 Å². The minimum atomic E-state index is -5.05. The van der Waals surface area contributed by atoms with Gasteiger partial charge in [-0.15, -0.1) is 18.7 Å². The first-order valence-corrected chi connectivity index (χ1v) is 15.3. The molecule has 1 rings (SSSR count). The van der Waals surface area contributed by atoms with E-state index in [1.165, 1.54) is 20.8 Å². The van der Waals surface area contributed by atoms with Crippen molar-refractivity contribution in [2.45, 2.75) is 97.5 Å². The highest BCUT2D eigenvalue weighted by Crippen LogP contribution is 2.41. The number of carbonyl (C=O) groups excluding carboxylic acids is 2. The fourth-order valence-electron chi connectivity index (χ4n) is 5.07. The highest BCUT2D eigenvalue weighted by molar-refractivity contribution is 6.90. The number of halogens is 7. The topological polar surface area (TPSA) is 58.6 Å². The van der Waals surface area contributed by atoms with Crippen LogP contribution in [0.1, 0.15) is 62.3 Å². The summed E-state index contributed by atoms with van der Waals surface area (Å²) in [5, 5.41) is 1.29. The van der Waals surface area contributed by atoms with Crippen LogP contribution >= 0.6 is 11.6 Å². The SMILES string of the molecule is CC(C)[Si](C#CC(=O)N(c1ccc(OC(F)(F)F)c(Cl)c1)C(C(=O)NCC(F)(F)F)C(C)(C)C)(C(C)C)C(C)C. The molecule has 0 saturated heterocycles. The Balaban J connectivity index is 3.86. The fraction of sp³-hybridized carbons (Fsp3) is 0.630. The molecule has 1 atom stereocenters. The molecule has 1 aromatic carbocycles. The summed E-state index contributed by atoms with van der Waals surface area (Å²) in [4.78, 5) is 27.9. The number of rotatable bonds is 8. The number of hydrogen-bond donors (Lipinski definition) is 1. The van der Waals surface area contributed by atoms with E-state index in [-0.39, 0.29) is 22.3 Å². The lowest BCUT2D eigenvalue weighted by atomic mass is 9.84. The molecule has 226 valence electrons. The van der Waals surface area contributed by atoms with Crippen LogP contribution in [0.2, 0.25) is 21.6 Å². The molecule has 40 heavy (non-hydrogen) atoms. The molecule has 1 unspecified atom stereocenters. The van der Waals surface area contributed by atoms with Crippen molar-refractivity contribution in [3.05, 3.63) is 23.2 Å². The van der Waals surface area contributed by atoms with E-state index in [1.54, 1.807) is 0 Å². The average molecular weight is 615 g/mol. The summed E-state index contributed by atoms with van der Waals surface area (Å²) < 4.78 is 81.0. The summed E-state index contributed by atoms with van der Waals surface area (Å²) in [5.74, 6) is -0.113. The van der Waals surface area contributed by atoms with E-state index in [0.717, 1.165) is 23.1 Å². The molecule has 1 N–H and O–H groups in total. The molecular weight excluding hydrogens is 578 g/mol. The van der Waals surface area contributed by atoms with Crippen LogP contribution in [0.4, 0.5) is 32.0 Å². The Bertz CT molecular complexity index is 1100. The quantitative estimate of drug-likeness (QED) is 0.184. The van der Waals surface area contributed by atoms with Crippen molar-refractivity contribution < 1.29 is 40.7 Å². The monoisotopic (exact) mass is 614 g/mol. The van der Waals surface area contributed by atoms with E-state index in [0.29, 0.717) is 0 Å². The molecule has 0 saturated carbocycles. The highest BCUT2D eigenvalue weighted by Gasteiger charge is 2.44. The lowest BCUT2D eigenvalue weighted by Gasteiger charge is -2.39. The molecule has 0 aliphatic rings. The largest absolute Gasteiger partial charge is 0.573 e. The van der Waals surface area contributed by atoms with Gasteiger partial charge in [-0.3, -0.25) is 14.5 Å². The van der Waals surface area contributed by atoms with Crippen LogP contribution in [0.15, 0.2) is 18.2 Å². The highest BCUT2D eigenvalue weighted by atomic mass is 35.5. The van der Waals surface area contributed by atoms with Crippen LogP contribution in [-0.4, -0.2) is 45.0 Å². The normalized spacial score (nSPS) is 13.7. The fourth-order valence-corrected chi connectivity index (χ4v) is 10.5. The van der Waals surface area contributed by atoms with Gasteiger partial charge in [0.2, 0.25) is 5.91 Å². The number of carbonyl (C=O) groups is 2. The summed E-state index contributed by atoms with van der Waals surface area (Å²) >= 11 is 6.04. The summed E-state index contributed by atoms with van der Waals surface area (Å²) in [6, 6.07) is 1.38. The first-order valence-electron chi connectivity index (χ1n) is 12.7. The molecule has 0 heterocycles. The van der Waals surface area contributed by atoms with Gasteiger partial charge >= 0.3 is 18.4 Å². The van der Waals surface area contributed by atoms with Gasteiger partial charge in [-0.2, -0.15) is 13.2 Å². The number of alkyl halides is 6. The number of benzene rings is 1. The molecule has 13 heteroatoms. The first-order chi connectivity index (χ1) is 17.9. The molecular formula is C27H37ClF6N2O3Si. The van der Waals surface area contributed by atoms with Gasteiger partial charge in [-0.05, 0) is 46.2 Å². The first kappa shape index (κ1) is 35.6. The van der Waals surface area contributed by atoms with Crippen molar-refractivity contribution in [3.63, 3.8) is 0 Å². The van der Waals surface area contributed by atoms with Gasteiger partial charge in [0.15, 0.2) is 0 Å². The van der Waals surface area contributed by atoms with E-state index >= 15 is 0 Å². The van der Waals surface area contributed by atoms with Crippen molar-refractivity contribution in [1.82, 2.24) is 5.32 Å². The molecule has 0 radical (unpaired) electrons. The predicted octanol–water partition coefficient (Wildman–Crippen LogP) is 7.89. The molecule has 0 fully saturated rings. The van der Waals surface area contributed by atoms with Crippen molar-refractivity contribution in [2.24, 2.45) is 5.41 Å². The molecule has 5 nitrogen and oxygen atoms in total. The zero-order valence-corrected chi connectivity index (χ0v) is 25.8. The summed E-state index contributed by atoms with van der Waals surface area (Å²) in [6.45, 7) is 15.1. The predicted molar refractivity (Wildman–Crippen MR) is 147 cm³/mol. The van der Waals surface area contributed by atoms with E-state index < -0.39 is 61.2 Å². The number of nitrogens with zero attached hydrogens (tertiary/aromatic N) is 1. The van der Waals surface area contributed by atoms with Crippen LogP contribution in [0.5, 0.6) is 5.75 Å². The molecule has 1 aromatic rings. The number of ether oxygens (including phenoxy) is 1. The maximum Gasteiger partial charge on any atom is 0.573 e. The van der Waals surface area contributed by atoms with Gasteiger partial charge in [0.05, 0.1) is 5.02 Å². The zero-order chi connectivity index (χ0) is 31.4. The van der Waals surface area contributed by atoms with E-state index in [9.17, 15) is 35.9 Å². The second-order valence-corrected chi connectivity index (χ2v) is 17.6. The van der Waals surface area contributed by atoms with Gasteiger partial charge in [0, 0.05) is 5.69 Å². The minimum Gasteiger partial charge on any atom is -0.404 e. The van der Waals surface area contributed by atoms with Crippen molar-refractivity contribution in [3.8, 4) is 17.2 Å². The van der Waals surface area contributed by atoms with Crippen LogP contribution in [0, 0.1) is 16.9 Å². The van der Waals surface area contributed by atoms with Crippen molar-refractivity contribution in [2.75, 3.05) is 11.4 Å². The Kier molecular flexibility index (Phi) is 11.6. The lowest BCUT2D eigenvalue weighted by Crippen LogP contribution is -2.57. The second-order valence-electron chi connectivity index (χ2n) is 11.6. The Morgan fingerprint density at radius 3 is 1.85 bits per heavy atom. The standard InChI is InChI=1S/C27H37ClF6N2O3Si/c1-16(2)40(17(3)4,18(5)6)13-12-22(37)36(19-10-11-21(20(28)14-19)39-27(32,33)34)23(25(7,8)9)24(38)35-15-26(29,30)31/h10-11,14,16-18,23H,15H2,1-9H3,(H,35,38). The molecule has 0 bridgehead atoms. The molecule has 0 spiro atoms. The van der Waals surface area contributed by atoms with Crippen LogP contribution in [0.3, 0.4) is 0 Å². The van der Waals surface area contributed by atoms with E-state index in [1.807, 2.05) is 46.9 Å². The molecule has 0 aliphatic heterocycles. The van der Waals surface area contributed by atoms with E-state index in [2.05, 4.69) is 16.2 Å². The van der Waals surface area contributed by atoms with Gasteiger partial charge in [0.1, 0.15) is 26.4 Å². The Morgan fingerprint density at radius 1 is 0.975 bits per heavy atom. The zero-order valence-electron chi connectivity index (χ0n) is 24.1. The maximum atomic E-state index is 13.8. The molecule has 2 amide bonds. The lowest BCUT2D eigenvalue weighted by molar-refractivity contribution is -0.274. The summed E-state index contributed by atoms with van der Waals surface area (Å²) in [6.07, 6.45) is -9.76. The van der Waals surface area contributed by atoms with Gasteiger partial charge in [0.25, 0.3) is 0 Å². The maximum absolute atomic E-state index is 13.8. The average Bonchev–Trinajstić information content (AvgIpc) is 2.74. The number of amides is 2. The summed E-state index contributed by atoms with van der Waals surface area (Å²) in [5.41, 5.74) is 2.38. The Morgan fingerprint density at radius 2 is 1.48 bits per heavy atom.